The van der Waals surface area contributed by atoms with E-state index < -0.39 is 25.5 Å². The number of benzene rings is 1. The van der Waals surface area contributed by atoms with Gasteiger partial charge in [-0.1, -0.05) is 0 Å². The van der Waals surface area contributed by atoms with Crippen LogP contribution in [0.15, 0.2) is 23.1 Å². The minimum absolute atomic E-state index is 0.0294. The van der Waals surface area contributed by atoms with E-state index >= 15 is 0 Å². The van der Waals surface area contributed by atoms with Crippen LogP contribution in [0.4, 0.5) is 5.69 Å². The molecule has 0 atom stereocenters. The van der Waals surface area contributed by atoms with Gasteiger partial charge in [0.2, 0.25) is 15.9 Å². The highest BCUT2D eigenvalue weighted by molar-refractivity contribution is 7.89. The molecule has 1 aliphatic rings. The zero-order valence-corrected chi connectivity index (χ0v) is 20.4. The van der Waals surface area contributed by atoms with Crippen molar-refractivity contribution in [3.05, 3.63) is 39.6 Å². The summed E-state index contributed by atoms with van der Waals surface area (Å²) in [6.07, 6.45) is 1.86. The molecule has 0 saturated carbocycles. The Bertz CT molecular complexity index is 1170. The standard InChI is InChI=1S/C21H29N5O7S/c1-14(2)25-21(15(3)19(23-25)20(27)24-10-5-6-11-24)33-17-8-7-16(26(28)29)13-18(17)34(30,31)22-9-12-32-4/h7-8,13-14,22H,5-6,9-12H2,1-4H3. The van der Waals surface area contributed by atoms with Gasteiger partial charge in [-0.05, 0) is 39.7 Å². The second kappa shape index (κ2) is 10.5. The molecule has 0 spiro atoms. The van der Waals surface area contributed by atoms with Gasteiger partial charge in [-0.15, -0.1) is 0 Å². The third kappa shape index (κ3) is 5.37. The summed E-state index contributed by atoms with van der Waals surface area (Å²) in [5.74, 6) is -0.141. The predicted molar refractivity (Wildman–Crippen MR) is 123 cm³/mol. The molecular weight excluding hydrogens is 466 g/mol. The molecule has 12 nitrogen and oxygen atoms in total. The first-order valence-corrected chi connectivity index (χ1v) is 12.4. The number of nitrogens with zero attached hydrogens (tertiary/aromatic N) is 4. The van der Waals surface area contributed by atoms with Crippen molar-refractivity contribution in [3.8, 4) is 11.6 Å². The lowest BCUT2D eigenvalue weighted by molar-refractivity contribution is -0.385. The molecule has 1 aliphatic heterocycles. The van der Waals surface area contributed by atoms with Crippen LogP contribution in [0.2, 0.25) is 0 Å². The Morgan fingerprint density at radius 2 is 1.97 bits per heavy atom. The molecule has 1 aromatic carbocycles. The van der Waals surface area contributed by atoms with E-state index in [0.29, 0.717) is 18.7 Å². The van der Waals surface area contributed by atoms with Crippen molar-refractivity contribution < 1.29 is 27.6 Å². The van der Waals surface area contributed by atoms with Crippen LogP contribution >= 0.6 is 0 Å². The van der Waals surface area contributed by atoms with Gasteiger partial charge in [-0.2, -0.15) is 5.10 Å². The summed E-state index contributed by atoms with van der Waals surface area (Å²) in [6.45, 7) is 6.78. The summed E-state index contributed by atoms with van der Waals surface area (Å²) in [5, 5.41) is 15.7. The van der Waals surface area contributed by atoms with Crippen LogP contribution in [0.3, 0.4) is 0 Å². The number of carbonyl (C=O) groups excluding carboxylic acids is 1. The molecule has 2 aromatic rings. The number of hydrogen-bond donors (Lipinski definition) is 1. The van der Waals surface area contributed by atoms with E-state index in [4.69, 9.17) is 9.47 Å². The summed E-state index contributed by atoms with van der Waals surface area (Å²) in [7, 11) is -2.75. The first kappa shape index (κ1) is 25.6. The van der Waals surface area contributed by atoms with Gasteiger partial charge in [0, 0.05) is 44.4 Å². The van der Waals surface area contributed by atoms with Gasteiger partial charge in [-0.3, -0.25) is 14.9 Å². The van der Waals surface area contributed by atoms with Crippen molar-refractivity contribution in [1.29, 1.82) is 0 Å². The number of methoxy groups -OCH3 is 1. The molecule has 1 N–H and O–H groups in total. The SMILES string of the molecule is COCCNS(=O)(=O)c1cc([N+](=O)[O-])ccc1Oc1c(C)c(C(=O)N2CCCC2)nn1C(C)C. The molecule has 3 rings (SSSR count). The van der Waals surface area contributed by atoms with Crippen LogP contribution < -0.4 is 9.46 Å². The number of ether oxygens (including phenoxy) is 2. The molecule has 0 radical (unpaired) electrons. The Kier molecular flexibility index (Phi) is 7.89. The maximum atomic E-state index is 13.0. The Hall–Kier alpha value is -3.03. The Morgan fingerprint density at radius 1 is 1.29 bits per heavy atom. The molecule has 0 unspecified atom stereocenters. The van der Waals surface area contributed by atoms with Crippen LogP contribution in [0.1, 0.15) is 48.8 Å². The maximum absolute atomic E-state index is 13.0. The van der Waals surface area contributed by atoms with Crippen molar-refractivity contribution in [2.24, 2.45) is 0 Å². The van der Waals surface area contributed by atoms with Crippen molar-refractivity contribution in [2.45, 2.75) is 44.6 Å². The van der Waals surface area contributed by atoms with Crippen LogP contribution in [-0.4, -0.2) is 67.3 Å². The molecule has 1 aromatic heterocycles. The van der Waals surface area contributed by atoms with E-state index in [1.165, 1.54) is 17.9 Å². The Morgan fingerprint density at radius 3 is 2.56 bits per heavy atom. The van der Waals surface area contributed by atoms with Crippen molar-refractivity contribution in [3.63, 3.8) is 0 Å². The fourth-order valence-electron chi connectivity index (χ4n) is 3.61. The lowest BCUT2D eigenvalue weighted by atomic mass is 10.2. The second-order valence-corrected chi connectivity index (χ2v) is 9.93. The maximum Gasteiger partial charge on any atom is 0.274 e. The zero-order valence-electron chi connectivity index (χ0n) is 19.6. The minimum Gasteiger partial charge on any atom is -0.438 e. The van der Waals surface area contributed by atoms with E-state index in [0.717, 1.165) is 25.0 Å². The largest absolute Gasteiger partial charge is 0.438 e. The molecule has 1 amide bonds. The Balaban J connectivity index is 2.06. The summed E-state index contributed by atoms with van der Waals surface area (Å²) in [5.41, 5.74) is 0.285. The van der Waals surface area contributed by atoms with Gasteiger partial charge < -0.3 is 14.4 Å². The number of hydrogen-bond acceptors (Lipinski definition) is 8. The molecule has 34 heavy (non-hydrogen) atoms. The molecule has 1 fully saturated rings. The second-order valence-electron chi connectivity index (χ2n) is 8.20. The van der Waals surface area contributed by atoms with Gasteiger partial charge in [0.05, 0.1) is 17.6 Å². The normalized spacial score (nSPS) is 14.1. The zero-order chi connectivity index (χ0) is 25.0. The molecule has 2 heterocycles. The number of likely N-dealkylation sites (tertiary alicyclic amines) is 1. The lowest BCUT2D eigenvalue weighted by Crippen LogP contribution is -2.28. The van der Waals surface area contributed by atoms with Gasteiger partial charge in [-0.25, -0.2) is 17.8 Å². The average molecular weight is 496 g/mol. The lowest BCUT2D eigenvalue weighted by Gasteiger charge is -2.15. The summed E-state index contributed by atoms with van der Waals surface area (Å²) in [4.78, 5) is 24.9. The van der Waals surface area contributed by atoms with E-state index in [9.17, 15) is 23.3 Å². The number of rotatable bonds is 10. The van der Waals surface area contributed by atoms with Crippen molar-refractivity contribution >= 4 is 21.6 Å². The number of nitrogens with one attached hydrogen (secondary N) is 1. The highest BCUT2D eigenvalue weighted by Gasteiger charge is 2.30. The first-order chi connectivity index (χ1) is 16.1. The highest BCUT2D eigenvalue weighted by Crippen LogP contribution is 2.36. The van der Waals surface area contributed by atoms with Gasteiger partial charge >= 0.3 is 0 Å². The topological polar surface area (TPSA) is 146 Å². The fourth-order valence-corrected chi connectivity index (χ4v) is 4.77. The molecular formula is C21H29N5O7S. The van der Waals surface area contributed by atoms with E-state index in [2.05, 4.69) is 9.82 Å². The van der Waals surface area contributed by atoms with E-state index in [-0.39, 0.29) is 42.4 Å². The van der Waals surface area contributed by atoms with Crippen LogP contribution in [0.5, 0.6) is 11.6 Å². The summed E-state index contributed by atoms with van der Waals surface area (Å²) < 4.78 is 40.6. The fraction of sp³-hybridized carbons (Fsp3) is 0.524. The molecule has 0 aliphatic carbocycles. The molecule has 0 bridgehead atoms. The molecule has 186 valence electrons. The summed E-state index contributed by atoms with van der Waals surface area (Å²) in [6, 6.07) is 3.12. The van der Waals surface area contributed by atoms with E-state index in [1.807, 2.05) is 13.8 Å². The summed E-state index contributed by atoms with van der Waals surface area (Å²) >= 11 is 0. The van der Waals surface area contributed by atoms with Gasteiger partial charge in [0.15, 0.2) is 5.69 Å². The van der Waals surface area contributed by atoms with Gasteiger partial charge in [0.25, 0.3) is 11.6 Å². The predicted octanol–water partition coefficient (Wildman–Crippen LogP) is 2.63. The number of nitro groups is 1. The smallest absolute Gasteiger partial charge is 0.274 e. The van der Waals surface area contributed by atoms with E-state index in [1.54, 1.807) is 11.8 Å². The number of aromatic nitrogens is 2. The minimum atomic E-state index is -4.17. The van der Waals surface area contributed by atoms with Crippen LogP contribution in [-0.2, 0) is 14.8 Å². The third-order valence-electron chi connectivity index (χ3n) is 5.41. The quantitative estimate of drug-likeness (QED) is 0.301. The number of amides is 1. The van der Waals surface area contributed by atoms with Crippen LogP contribution in [0.25, 0.3) is 0 Å². The molecule has 13 heteroatoms. The van der Waals surface area contributed by atoms with Crippen molar-refractivity contribution in [2.75, 3.05) is 33.4 Å². The number of nitro benzene ring substituents is 1. The van der Waals surface area contributed by atoms with Crippen LogP contribution in [0, 0.1) is 17.0 Å². The number of sulfonamides is 1. The average Bonchev–Trinajstić information content (AvgIpc) is 3.42. The number of carbonyl (C=O) groups is 1. The highest BCUT2D eigenvalue weighted by atomic mass is 32.2. The van der Waals surface area contributed by atoms with Crippen molar-refractivity contribution in [1.82, 2.24) is 19.4 Å². The first-order valence-electron chi connectivity index (χ1n) is 10.9. The number of non-ortho nitro benzene ring substituents is 1. The third-order valence-corrected chi connectivity index (χ3v) is 6.89. The monoisotopic (exact) mass is 495 g/mol. The Labute approximate surface area is 198 Å². The molecule has 1 saturated heterocycles. The van der Waals surface area contributed by atoms with Gasteiger partial charge in [0.1, 0.15) is 10.6 Å².